The number of Topliss-reactive ketones (excluding diaryl/α,β-unsaturated/α-hetero) is 1. The molecular weight excluding hydrogens is 342 g/mol. The Bertz CT molecular complexity index is 675. The van der Waals surface area contributed by atoms with Crippen molar-refractivity contribution in [2.45, 2.75) is 38.0 Å². The molecule has 1 aromatic rings. The van der Waals surface area contributed by atoms with Crippen LogP contribution in [-0.4, -0.2) is 50.6 Å². The first-order valence-electron chi connectivity index (χ1n) is 8.12. The number of hydrogen-bond donors (Lipinski definition) is 1. The van der Waals surface area contributed by atoms with Gasteiger partial charge in [0.1, 0.15) is 6.04 Å². The van der Waals surface area contributed by atoms with Gasteiger partial charge in [-0.2, -0.15) is 0 Å². The fourth-order valence-corrected chi connectivity index (χ4v) is 3.93. The van der Waals surface area contributed by atoms with Crippen LogP contribution in [0, 0.1) is 5.92 Å². The average Bonchev–Trinajstić information content (AvgIpc) is 3.08. The van der Waals surface area contributed by atoms with E-state index in [-0.39, 0.29) is 10.9 Å². The molecular formula is C18H21NO5S. The molecule has 0 unspecified atom stereocenters. The Labute approximate surface area is 150 Å². The third kappa shape index (κ3) is 4.48. The lowest BCUT2D eigenvalue weighted by Crippen LogP contribution is -2.46. The maximum atomic E-state index is 12.8. The van der Waals surface area contributed by atoms with Crippen LogP contribution in [0.5, 0.6) is 0 Å². The molecule has 134 valence electrons. The molecule has 1 amide bonds. The van der Waals surface area contributed by atoms with Crippen LogP contribution in [-0.2, 0) is 14.4 Å². The van der Waals surface area contributed by atoms with E-state index in [1.807, 2.05) is 0 Å². The number of aliphatic carboxylic acids is 1. The summed E-state index contributed by atoms with van der Waals surface area (Å²) >= 11 is 0.824. The highest BCUT2D eigenvalue weighted by atomic mass is 32.2. The molecule has 7 heteroatoms. The topological polar surface area (TPSA) is 91.8 Å². The van der Waals surface area contributed by atoms with Crippen LogP contribution in [0.25, 0.3) is 0 Å². The van der Waals surface area contributed by atoms with Crippen molar-refractivity contribution in [1.82, 2.24) is 4.90 Å². The van der Waals surface area contributed by atoms with Crippen LogP contribution >= 0.6 is 11.8 Å². The van der Waals surface area contributed by atoms with Crippen molar-refractivity contribution in [3.05, 3.63) is 35.9 Å². The zero-order valence-electron chi connectivity index (χ0n) is 14.2. The lowest BCUT2D eigenvalue weighted by molar-refractivity contribution is -0.149. The van der Waals surface area contributed by atoms with Gasteiger partial charge in [0.15, 0.2) is 10.9 Å². The van der Waals surface area contributed by atoms with Gasteiger partial charge in [-0.1, -0.05) is 49.0 Å². The van der Waals surface area contributed by atoms with Gasteiger partial charge in [-0.3, -0.25) is 14.4 Å². The van der Waals surface area contributed by atoms with Gasteiger partial charge in [-0.05, 0) is 12.8 Å². The molecule has 1 aliphatic heterocycles. The van der Waals surface area contributed by atoms with Gasteiger partial charge in [0.05, 0.1) is 11.2 Å². The van der Waals surface area contributed by atoms with E-state index in [0.717, 1.165) is 11.8 Å². The second kappa shape index (κ2) is 8.29. The highest BCUT2D eigenvalue weighted by Crippen LogP contribution is 2.29. The first-order chi connectivity index (χ1) is 11.8. The largest absolute Gasteiger partial charge is 0.480 e. The Morgan fingerprint density at radius 3 is 2.40 bits per heavy atom. The standard InChI is InChI=1S/C18H21NO5S/c1-11(17(22)19-10-6-9-14(19)18(23)24)16(25-12(2)20)15(21)13-7-4-3-5-8-13/h3-5,7-8,11,14,16H,6,9-10H2,1-2H3,(H,23,24)/t11-,14-,16-/m0/s1. The highest BCUT2D eigenvalue weighted by molar-refractivity contribution is 8.14. The number of benzene rings is 1. The number of rotatable bonds is 6. The SMILES string of the molecule is CC(=O)S[C@H](C(=O)c1ccccc1)[C@H](C)C(=O)N1CCC[C@H]1C(=O)O. The fraction of sp³-hybridized carbons (Fsp3) is 0.444. The molecule has 1 heterocycles. The first kappa shape index (κ1) is 19.2. The second-order valence-corrected chi connectivity index (χ2v) is 7.40. The van der Waals surface area contributed by atoms with Crippen molar-refractivity contribution >= 4 is 34.5 Å². The lowest BCUT2D eigenvalue weighted by Gasteiger charge is -2.28. The predicted molar refractivity (Wildman–Crippen MR) is 94.4 cm³/mol. The van der Waals surface area contributed by atoms with Gasteiger partial charge >= 0.3 is 5.97 Å². The number of ketones is 1. The zero-order valence-corrected chi connectivity index (χ0v) is 15.0. The van der Waals surface area contributed by atoms with Crippen LogP contribution in [0.4, 0.5) is 0 Å². The van der Waals surface area contributed by atoms with Gasteiger partial charge in [0.25, 0.3) is 0 Å². The minimum Gasteiger partial charge on any atom is -0.480 e. The first-order valence-corrected chi connectivity index (χ1v) is 9.00. The molecule has 25 heavy (non-hydrogen) atoms. The number of hydrogen-bond acceptors (Lipinski definition) is 5. The van der Waals surface area contributed by atoms with Gasteiger partial charge < -0.3 is 10.0 Å². The highest BCUT2D eigenvalue weighted by Gasteiger charge is 2.40. The summed E-state index contributed by atoms with van der Waals surface area (Å²) in [6, 6.07) is 7.64. The Kier molecular flexibility index (Phi) is 6.36. The van der Waals surface area contributed by atoms with E-state index >= 15 is 0 Å². The number of carbonyl (C=O) groups is 4. The zero-order chi connectivity index (χ0) is 18.6. The molecule has 0 aromatic heterocycles. The number of nitrogens with zero attached hydrogens (tertiary/aromatic N) is 1. The molecule has 0 aliphatic carbocycles. The van der Waals surface area contributed by atoms with Crippen LogP contribution in [0.2, 0.25) is 0 Å². The normalized spacial score (nSPS) is 19.3. The number of amides is 1. The van der Waals surface area contributed by atoms with E-state index < -0.39 is 29.1 Å². The number of carboxylic acid groups (broad SMARTS) is 1. The van der Waals surface area contributed by atoms with E-state index in [9.17, 15) is 24.3 Å². The van der Waals surface area contributed by atoms with Crippen LogP contribution in [0.15, 0.2) is 30.3 Å². The summed E-state index contributed by atoms with van der Waals surface area (Å²) < 4.78 is 0. The fourth-order valence-electron chi connectivity index (χ4n) is 3.01. The van der Waals surface area contributed by atoms with Crippen molar-refractivity contribution in [2.75, 3.05) is 6.54 Å². The monoisotopic (exact) mass is 363 g/mol. The lowest BCUT2D eigenvalue weighted by atomic mass is 9.97. The van der Waals surface area contributed by atoms with E-state index in [0.29, 0.717) is 24.9 Å². The minimum atomic E-state index is -1.04. The van der Waals surface area contributed by atoms with E-state index in [2.05, 4.69) is 0 Å². The summed E-state index contributed by atoms with van der Waals surface area (Å²) in [6.07, 6.45) is 1.03. The summed E-state index contributed by atoms with van der Waals surface area (Å²) in [4.78, 5) is 49.8. The second-order valence-electron chi connectivity index (χ2n) is 6.08. The molecule has 0 bridgehead atoms. The Morgan fingerprint density at radius 1 is 1.20 bits per heavy atom. The molecule has 0 radical (unpaired) electrons. The van der Waals surface area contributed by atoms with E-state index in [4.69, 9.17) is 0 Å². The summed E-state index contributed by atoms with van der Waals surface area (Å²) in [6.45, 7) is 3.29. The van der Waals surface area contributed by atoms with Crippen molar-refractivity contribution in [1.29, 1.82) is 0 Å². The molecule has 1 fully saturated rings. The third-order valence-corrected chi connectivity index (χ3v) is 5.48. The molecule has 3 atom stereocenters. The molecule has 6 nitrogen and oxygen atoms in total. The molecule has 1 saturated heterocycles. The average molecular weight is 363 g/mol. The van der Waals surface area contributed by atoms with Crippen LogP contribution in [0.3, 0.4) is 0 Å². The smallest absolute Gasteiger partial charge is 0.326 e. The van der Waals surface area contributed by atoms with Gasteiger partial charge in [0, 0.05) is 19.0 Å². The van der Waals surface area contributed by atoms with Gasteiger partial charge in [-0.25, -0.2) is 4.79 Å². The third-order valence-electron chi connectivity index (χ3n) is 4.27. The van der Waals surface area contributed by atoms with Crippen LogP contribution < -0.4 is 0 Å². The van der Waals surface area contributed by atoms with Crippen LogP contribution in [0.1, 0.15) is 37.0 Å². The van der Waals surface area contributed by atoms with Crippen molar-refractivity contribution in [2.24, 2.45) is 5.92 Å². The summed E-state index contributed by atoms with van der Waals surface area (Å²) in [5.41, 5.74) is 0.428. The molecule has 0 spiro atoms. The number of carbonyl (C=O) groups excluding carboxylic acids is 3. The number of carboxylic acids is 1. The Balaban J connectivity index is 2.24. The van der Waals surface area contributed by atoms with Crippen molar-refractivity contribution < 1.29 is 24.3 Å². The van der Waals surface area contributed by atoms with E-state index in [1.54, 1.807) is 37.3 Å². The minimum absolute atomic E-state index is 0.259. The van der Waals surface area contributed by atoms with Crippen molar-refractivity contribution in [3.63, 3.8) is 0 Å². The van der Waals surface area contributed by atoms with Gasteiger partial charge in [-0.15, -0.1) is 0 Å². The Hall–Kier alpha value is -2.15. The molecule has 1 N–H and O–H groups in total. The summed E-state index contributed by atoms with van der Waals surface area (Å²) in [5.74, 6) is -2.52. The van der Waals surface area contributed by atoms with Gasteiger partial charge in [0.2, 0.25) is 5.91 Å². The molecule has 1 aliphatic rings. The molecule has 0 saturated carbocycles. The quantitative estimate of drug-likeness (QED) is 0.779. The molecule has 1 aromatic carbocycles. The Morgan fingerprint density at radius 2 is 1.84 bits per heavy atom. The van der Waals surface area contributed by atoms with Crippen molar-refractivity contribution in [3.8, 4) is 0 Å². The predicted octanol–water partition coefficient (Wildman–Crippen LogP) is 2.23. The maximum Gasteiger partial charge on any atom is 0.326 e. The maximum absolute atomic E-state index is 12.8. The summed E-state index contributed by atoms with van der Waals surface area (Å²) in [5, 5.41) is 8.13. The number of likely N-dealkylation sites (tertiary alicyclic amines) is 1. The molecule has 2 rings (SSSR count). The van der Waals surface area contributed by atoms with E-state index in [1.165, 1.54) is 11.8 Å². The summed E-state index contributed by atoms with van der Waals surface area (Å²) in [7, 11) is 0. The number of thioether (sulfide) groups is 1.